The molecule has 3 nitrogen and oxygen atoms in total. The second kappa shape index (κ2) is 5.26. The Morgan fingerprint density at radius 3 is 2.60 bits per heavy atom. The summed E-state index contributed by atoms with van der Waals surface area (Å²) in [5, 5.41) is 0. The fourth-order valence-corrected chi connectivity index (χ4v) is 2.49. The highest BCUT2D eigenvalue weighted by Crippen LogP contribution is 2.35. The predicted molar refractivity (Wildman–Crippen MR) is 71.6 cm³/mol. The van der Waals surface area contributed by atoms with E-state index < -0.39 is 11.7 Å². The zero-order valence-electron chi connectivity index (χ0n) is 11.6. The van der Waals surface area contributed by atoms with E-state index in [0.29, 0.717) is 25.3 Å². The summed E-state index contributed by atoms with van der Waals surface area (Å²) in [5.74, 6) is 0. The summed E-state index contributed by atoms with van der Waals surface area (Å²) in [7, 11) is 0. The van der Waals surface area contributed by atoms with Crippen molar-refractivity contribution in [1.29, 1.82) is 0 Å². The topological polar surface area (TPSA) is 38.5 Å². The highest BCUT2D eigenvalue weighted by atomic mass is 19.4. The van der Waals surface area contributed by atoms with Gasteiger partial charge in [0.05, 0.1) is 24.3 Å². The van der Waals surface area contributed by atoms with E-state index in [9.17, 15) is 13.2 Å². The van der Waals surface area contributed by atoms with Gasteiger partial charge in [-0.3, -0.25) is 0 Å². The Morgan fingerprint density at radius 1 is 1.35 bits per heavy atom. The zero-order chi connectivity index (χ0) is 15.0. The van der Waals surface area contributed by atoms with Crippen molar-refractivity contribution in [3.63, 3.8) is 0 Å². The number of alkyl halides is 3. The normalized spacial score (nSPS) is 19.2. The number of ether oxygens (including phenoxy) is 1. The highest BCUT2D eigenvalue weighted by molar-refractivity contribution is 5.57. The third kappa shape index (κ3) is 2.91. The maximum absolute atomic E-state index is 12.8. The average molecular weight is 288 g/mol. The Hall–Kier alpha value is -1.27. The first-order chi connectivity index (χ1) is 9.25. The van der Waals surface area contributed by atoms with E-state index in [4.69, 9.17) is 10.5 Å². The molecule has 1 saturated heterocycles. The molecule has 0 unspecified atom stereocenters. The summed E-state index contributed by atoms with van der Waals surface area (Å²) in [4.78, 5) is 2.07. The summed E-state index contributed by atoms with van der Waals surface area (Å²) in [6, 6.07) is 3.76. The first-order valence-electron chi connectivity index (χ1n) is 6.51. The number of morpholine rings is 1. The van der Waals surface area contributed by atoms with Crippen LogP contribution in [0.5, 0.6) is 0 Å². The molecule has 0 aromatic heterocycles. The van der Waals surface area contributed by atoms with Gasteiger partial charge in [0.15, 0.2) is 0 Å². The Kier molecular flexibility index (Phi) is 3.97. The predicted octanol–water partition coefficient (Wildman–Crippen LogP) is 2.78. The third-order valence-electron chi connectivity index (χ3n) is 3.56. The molecule has 0 saturated carbocycles. The van der Waals surface area contributed by atoms with Gasteiger partial charge < -0.3 is 15.4 Å². The van der Waals surface area contributed by atoms with E-state index in [-0.39, 0.29) is 12.1 Å². The Balaban J connectivity index is 2.41. The van der Waals surface area contributed by atoms with Crippen molar-refractivity contribution in [2.24, 2.45) is 5.73 Å². The quantitative estimate of drug-likeness (QED) is 0.909. The molecule has 112 valence electrons. The smallest absolute Gasteiger partial charge is 0.377 e. The molecule has 0 amide bonds. The van der Waals surface area contributed by atoms with Crippen LogP contribution in [0.25, 0.3) is 0 Å². The van der Waals surface area contributed by atoms with Crippen LogP contribution in [0, 0.1) is 0 Å². The molecule has 1 aromatic carbocycles. The number of benzene rings is 1. The van der Waals surface area contributed by atoms with Gasteiger partial charge in [0.25, 0.3) is 0 Å². The summed E-state index contributed by atoms with van der Waals surface area (Å²) in [6.07, 6.45) is -4.34. The lowest BCUT2D eigenvalue weighted by molar-refractivity contribution is -0.137. The van der Waals surface area contributed by atoms with Gasteiger partial charge in [0.1, 0.15) is 0 Å². The fourth-order valence-electron chi connectivity index (χ4n) is 2.49. The number of nitrogens with zero attached hydrogens (tertiary/aromatic N) is 1. The molecule has 0 bridgehead atoms. The van der Waals surface area contributed by atoms with E-state index in [2.05, 4.69) is 4.90 Å². The second-order valence-corrected chi connectivity index (χ2v) is 5.56. The number of anilines is 1. The maximum atomic E-state index is 12.8. The second-order valence-electron chi connectivity index (χ2n) is 5.56. The SMILES string of the molecule is CC1(C)COCCN1c1ccc(C(F)(F)F)cc1CN. The number of halogens is 3. The molecule has 2 rings (SSSR count). The molecule has 1 aliphatic heterocycles. The third-order valence-corrected chi connectivity index (χ3v) is 3.56. The van der Waals surface area contributed by atoms with Crippen molar-refractivity contribution >= 4 is 5.69 Å². The van der Waals surface area contributed by atoms with Gasteiger partial charge in [0.2, 0.25) is 0 Å². The lowest BCUT2D eigenvalue weighted by atomic mass is 9.98. The lowest BCUT2D eigenvalue weighted by Crippen LogP contribution is -2.53. The molecule has 0 aliphatic carbocycles. The molecule has 1 heterocycles. The lowest BCUT2D eigenvalue weighted by Gasteiger charge is -2.44. The standard InChI is InChI=1S/C14H19F3N2O/c1-13(2)9-20-6-5-19(13)12-4-3-11(14(15,16)17)7-10(12)8-18/h3-4,7H,5-6,8-9,18H2,1-2H3. The number of hydrogen-bond acceptors (Lipinski definition) is 3. The molecule has 0 atom stereocenters. The van der Waals surface area contributed by atoms with Crippen LogP contribution < -0.4 is 10.6 Å². The van der Waals surface area contributed by atoms with Crippen LogP contribution in [0.4, 0.5) is 18.9 Å². The van der Waals surface area contributed by atoms with Crippen LogP contribution in [-0.4, -0.2) is 25.3 Å². The van der Waals surface area contributed by atoms with Crippen molar-refractivity contribution in [1.82, 2.24) is 0 Å². The van der Waals surface area contributed by atoms with Crippen LogP contribution in [-0.2, 0) is 17.5 Å². The van der Waals surface area contributed by atoms with Crippen molar-refractivity contribution in [2.45, 2.75) is 32.1 Å². The zero-order valence-corrected chi connectivity index (χ0v) is 11.6. The van der Waals surface area contributed by atoms with Crippen molar-refractivity contribution in [3.05, 3.63) is 29.3 Å². The maximum Gasteiger partial charge on any atom is 0.416 e. The molecule has 2 N–H and O–H groups in total. The fraction of sp³-hybridized carbons (Fsp3) is 0.571. The summed E-state index contributed by atoms with van der Waals surface area (Å²) in [6.45, 7) is 5.83. The summed E-state index contributed by atoms with van der Waals surface area (Å²) < 4.78 is 43.7. The van der Waals surface area contributed by atoms with Gasteiger partial charge in [-0.15, -0.1) is 0 Å². The van der Waals surface area contributed by atoms with Crippen molar-refractivity contribution < 1.29 is 17.9 Å². The highest BCUT2D eigenvalue weighted by Gasteiger charge is 2.34. The van der Waals surface area contributed by atoms with Crippen molar-refractivity contribution in [3.8, 4) is 0 Å². The van der Waals surface area contributed by atoms with E-state index in [1.807, 2.05) is 13.8 Å². The number of nitrogens with two attached hydrogens (primary N) is 1. The van der Waals surface area contributed by atoms with Crippen LogP contribution in [0.15, 0.2) is 18.2 Å². The van der Waals surface area contributed by atoms with Gasteiger partial charge in [-0.05, 0) is 37.6 Å². The van der Waals surface area contributed by atoms with E-state index in [1.54, 1.807) is 0 Å². The van der Waals surface area contributed by atoms with E-state index >= 15 is 0 Å². The van der Waals surface area contributed by atoms with Crippen LogP contribution in [0.2, 0.25) is 0 Å². The molecule has 1 fully saturated rings. The molecular formula is C14H19F3N2O. The molecule has 1 aromatic rings. The number of hydrogen-bond donors (Lipinski definition) is 1. The molecule has 6 heteroatoms. The monoisotopic (exact) mass is 288 g/mol. The van der Waals surface area contributed by atoms with Crippen LogP contribution in [0.3, 0.4) is 0 Å². The van der Waals surface area contributed by atoms with Gasteiger partial charge in [-0.25, -0.2) is 0 Å². The minimum absolute atomic E-state index is 0.0761. The molecule has 1 aliphatic rings. The largest absolute Gasteiger partial charge is 0.416 e. The molecule has 0 radical (unpaired) electrons. The average Bonchev–Trinajstić information content (AvgIpc) is 2.36. The van der Waals surface area contributed by atoms with Gasteiger partial charge in [-0.1, -0.05) is 0 Å². The van der Waals surface area contributed by atoms with Crippen molar-refractivity contribution in [2.75, 3.05) is 24.7 Å². The van der Waals surface area contributed by atoms with Gasteiger partial charge >= 0.3 is 6.18 Å². The summed E-state index contributed by atoms with van der Waals surface area (Å²) in [5.41, 5.74) is 5.98. The number of rotatable bonds is 2. The first-order valence-corrected chi connectivity index (χ1v) is 6.51. The molecule has 0 spiro atoms. The Morgan fingerprint density at radius 2 is 2.05 bits per heavy atom. The van der Waals surface area contributed by atoms with Gasteiger partial charge in [-0.2, -0.15) is 13.2 Å². The van der Waals surface area contributed by atoms with E-state index in [0.717, 1.165) is 17.8 Å². The Labute approximate surface area is 116 Å². The Bertz CT molecular complexity index is 486. The van der Waals surface area contributed by atoms with E-state index in [1.165, 1.54) is 6.07 Å². The minimum Gasteiger partial charge on any atom is -0.377 e. The minimum atomic E-state index is -4.34. The van der Waals surface area contributed by atoms with Crippen LogP contribution >= 0.6 is 0 Å². The molecular weight excluding hydrogens is 269 g/mol. The summed E-state index contributed by atoms with van der Waals surface area (Å²) >= 11 is 0. The first kappa shape index (κ1) is 15.1. The molecule has 20 heavy (non-hydrogen) atoms. The van der Waals surface area contributed by atoms with Gasteiger partial charge in [0, 0.05) is 18.8 Å². The van der Waals surface area contributed by atoms with Crippen LogP contribution in [0.1, 0.15) is 25.0 Å².